The Kier molecular flexibility index (Phi) is 5.21. The van der Waals surface area contributed by atoms with Gasteiger partial charge in [0.2, 0.25) is 0 Å². The van der Waals surface area contributed by atoms with Gasteiger partial charge < -0.3 is 19.6 Å². The van der Waals surface area contributed by atoms with Gasteiger partial charge in [0.15, 0.2) is 0 Å². The van der Waals surface area contributed by atoms with Crippen LogP contribution in [-0.4, -0.2) is 66.3 Å². The van der Waals surface area contributed by atoms with Crippen molar-refractivity contribution in [3.63, 3.8) is 0 Å². The molecule has 0 aromatic carbocycles. The Bertz CT molecular complexity index is 279. The average Bonchev–Trinajstić information content (AvgIpc) is 3.08. The lowest BCUT2D eigenvalue weighted by atomic mass is 10.4. The van der Waals surface area contributed by atoms with Crippen molar-refractivity contribution in [1.82, 2.24) is 9.80 Å². The molecule has 0 aliphatic heterocycles. The van der Waals surface area contributed by atoms with Crippen LogP contribution in [0.4, 0.5) is 4.79 Å². The van der Waals surface area contributed by atoms with E-state index in [0.717, 1.165) is 12.8 Å². The van der Waals surface area contributed by atoms with Gasteiger partial charge in [-0.3, -0.25) is 4.79 Å². The highest BCUT2D eigenvalue weighted by Crippen LogP contribution is 2.27. The first-order valence-corrected chi connectivity index (χ1v) is 5.87. The van der Waals surface area contributed by atoms with Gasteiger partial charge in [-0.05, 0) is 19.8 Å². The number of ether oxygens (including phenoxy) is 1. The summed E-state index contributed by atoms with van der Waals surface area (Å²) >= 11 is 0. The molecule has 1 saturated carbocycles. The molecule has 0 aromatic heterocycles. The second kappa shape index (κ2) is 6.44. The van der Waals surface area contributed by atoms with E-state index in [-0.39, 0.29) is 18.6 Å². The molecular formula is C11H20N2O4. The highest BCUT2D eigenvalue weighted by molar-refractivity contribution is 5.80. The molecule has 6 nitrogen and oxygen atoms in total. The highest BCUT2D eigenvalue weighted by Gasteiger charge is 2.35. The van der Waals surface area contributed by atoms with Gasteiger partial charge in [0.25, 0.3) is 0 Å². The third kappa shape index (κ3) is 4.60. The lowest BCUT2D eigenvalue weighted by molar-refractivity contribution is -0.137. The maximum Gasteiger partial charge on any atom is 0.323 e. The second-order valence-corrected chi connectivity index (χ2v) is 4.15. The first kappa shape index (κ1) is 13.8. The van der Waals surface area contributed by atoms with Crippen LogP contribution in [0.3, 0.4) is 0 Å². The predicted octanol–water partition coefficient (Wildman–Crippen LogP) is 0.624. The maximum atomic E-state index is 12.0. The number of nitrogens with zero attached hydrogens (tertiary/aromatic N) is 2. The Morgan fingerprint density at radius 3 is 2.53 bits per heavy atom. The van der Waals surface area contributed by atoms with Crippen molar-refractivity contribution < 1.29 is 19.4 Å². The van der Waals surface area contributed by atoms with Crippen LogP contribution >= 0.6 is 0 Å². The van der Waals surface area contributed by atoms with Gasteiger partial charge in [-0.15, -0.1) is 0 Å². The van der Waals surface area contributed by atoms with E-state index >= 15 is 0 Å². The van der Waals surface area contributed by atoms with Crippen LogP contribution in [0.15, 0.2) is 0 Å². The first-order chi connectivity index (χ1) is 8.06. The van der Waals surface area contributed by atoms with Gasteiger partial charge in [-0.25, -0.2) is 4.79 Å². The van der Waals surface area contributed by atoms with E-state index in [1.54, 1.807) is 7.05 Å². The minimum Gasteiger partial charge on any atom is -0.480 e. The molecule has 1 rings (SSSR count). The number of hydrogen-bond donors (Lipinski definition) is 1. The molecule has 1 fully saturated rings. The molecule has 2 amide bonds. The molecule has 98 valence electrons. The van der Waals surface area contributed by atoms with Gasteiger partial charge in [-0.1, -0.05) is 0 Å². The van der Waals surface area contributed by atoms with E-state index in [9.17, 15) is 9.59 Å². The number of urea groups is 1. The molecule has 1 N–H and O–H groups in total. The van der Waals surface area contributed by atoms with Crippen LogP contribution in [0.5, 0.6) is 0 Å². The van der Waals surface area contributed by atoms with Gasteiger partial charge in [-0.2, -0.15) is 0 Å². The number of aliphatic carboxylic acids is 1. The van der Waals surface area contributed by atoms with E-state index in [1.165, 1.54) is 9.80 Å². The number of likely N-dealkylation sites (N-methyl/N-ethyl adjacent to an activating group) is 1. The Hall–Kier alpha value is -1.30. The average molecular weight is 244 g/mol. The molecule has 0 unspecified atom stereocenters. The number of carboxylic acid groups (broad SMARTS) is 1. The van der Waals surface area contributed by atoms with E-state index in [1.807, 2.05) is 6.92 Å². The summed E-state index contributed by atoms with van der Waals surface area (Å²) in [6.45, 7) is 3.24. The fraction of sp³-hybridized carbons (Fsp3) is 0.818. The van der Waals surface area contributed by atoms with Crippen molar-refractivity contribution >= 4 is 12.0 Å². The molecule has 6 heteroatoms. The third-order valence-electron chi connectivity index (χ3n) is 2.64. The number of carbonyl (C=O) groups is 2. The summed E-state index contributed by atoms with van der Waals surface area (Å²) in [5, 5.41) is 8.77. The molecule has 0 spiro atoms. The van der Waals surface area contributed by atoms with Gasteiger partial charge >= 0.3 is 12.0 Å². The van der Waals surface area contributed by atoms with Crippen LogP contribution < -0.4 is 0 Å². The molecule has 0 radical (unpaired) electrons. The smallest absolute Gasteiger partial charge is 0.323 e. The summed E-state index contributed by atoms with van der Waals surface area (Å²) in [6.07, 6.45) is 1.80. The molecular weight excluding hydrogens is 224 g/mol. The van der Waals surface area contributed by atoms with Gasteiger partial charge in [0.1, 0.15) is 6.54 Å². The molecule has 0 saturated heterocycles. The second-order valence-electron chi connectivity index (χ2n) is 4.15. The van der Waals surface area contributed by atoms with Crippen molar-refractivity contribution in [3.05, 3.63) is 0 Å². The fourth-order valence-corrected chi connectivity index (χ4v) is 1.55. The van der Waals surface area contributed by atoms with Gasteiger partial charge in [0.05, 0.1) is 6.61 Å². The lowest BCUT2D eigenvalue weighted by Crippen LogP contribution is -2.45. The van der Waals surface area contributed by atoms with E-state index < -0.39 is 5.97 Å². The summed E-state index contributed by atoms with van der Waals surface area (Å²) in [4.78, 5) is 25.6. The molecule has 1 aliphatic carbocycles. The molecule has 0 bridgehead atoms. The third-order valence-corrected chi connectivity index (χ3v) is 2.64. The van der Waals surface area contributed by atoms with Crippen LogP contribution in [-0.2, 0) is 9.53 Å². The minimum absolute atomic E-state index is 0.105. The number of hydrogen-bond acceptors (Lipinski definition) is 3. The summed E-state index contributed by atoms with van der Waals surface area (Å²) in [5.41, 5.74) is 0. The van der Waals surface area contributed by atoms with Crippen molar-refractivity contribution in [1.29, 1.82) is 0 Å². The topological polar surface area (TPSA) is 70.1 Å². The first-order valence-electron chi connectivity index (χ1n) is 5.87. The van der Waals surface area contributed by atoms with Crippen LogP contribution in [0.1, 0.15) is 19.8 Å². The number of rotatable bonds is 7. The Labute approximate surface area is 101 Å². The molecule has 0 atom stereocenters. The van der Waals surface area contributed by atoms with Crippen LogP contribution in [0.25, 0.3) is 0 Å². The standard InChI is InChI=1S/C11H20N2O4/c1-3-17-7-6-12(2)11(16)13(8-10(14)15)9-4-5-9/h9H,3-8H2,1-2H3,(H,14,15). The predicted molar refractivity (Wildman–Crippen MR) is 61.9 cm³/mol. The maximum absolute atomic E-state index is 12.0. The summed E-state index contributed by atoms with van der Waals surface area (Å²) < 4.78 is 5.16. The zero-order valence-corrected chi connectivity index (χ0v) is 10.4. The monoisotopic (exact) mass is 244 g/mol. The quantitative estimate of drug-likeness (QED) is 0.667. The Morgan fingerprint density at radius 1 is 1.41 bits per heavy atom. The van der Waals surface area contributed by atoms with Crippen LogP contribution in [0.2, 0.25) is 0 Å². The van der Waals surface area contributed by atoms with Crippen molar-refractivity contribution in [2.45, 2.75) is 25.8 Å². The van der Waals surface area contributed by atoms with Crippen LogP contribution in [0, 0.1) is 0 Å². The van der Waals surface area contributed by atoms with E-state index in [0.29, 0.717) is 19.8 Å². The van der Waals surface area contributed by atoms with E-state index in [2.05, 4.69) is 0 Å². The minimum atomic E-state index is -0.969. The Balaban J connectivity index is 2.43. The van der Waals surface area contributed by atoms with Crippen molar-refractivity contribution in [2.75, 3.05) is 33.4 Å². The summed E-state index contributed by atoms with van der Waals surface area (Å²) in [5.74, 6) is -0.969. The molecule has 1 aliphatic rings. The molecule has 17 heavy (non-hydrogen) atoms. The largest absolute Gasteiger partial charge is 0.480 e. The summed E-state index contributed by atoms with van der Waals surface area (Å²) in [6, 6.07) is -0.122. The zero-order valence-electron chi connectivity index (χ0n) is 10.4. The lowest BCUT2D eigenvalue weighted by Gasteiger charge is -2.26. The van der Waals surface area contributed by atoms with Crippen molar-refractivity contribution in [2.24, 2.45) is 0 Å². The zero-order chi connectivity index (χ0) is 12.8. The van der Waals surface area contributed by atoms with Gasteiger partial charge in [0, 0.05) is 26.2 Å². The fourth-order valence-electron chi connectivity index (χ4n) is 1.55. The summed E-state index contributed by atoms with van der Waals surface area (Å²) in [7, 11) is 1.67. The number of amides is 2. The number of carboxylic acids is 1. The normalized spacial score (nSPS) is 14.5. The number of carbonyl (C=O) groups excluding carboxylic acids is 1. The highest BCUT2D eigenvalue weighted by atomic mass is 16.5. The SMILES string of the molecule is CCOCCN(C)C(=O)N(CC(=O)O)C1CC1. The molecule has 0 heterocycles. The molecule has 0 aromatic rings. The van der Waals surface area contributed by atoms with Crippen molar-refractivity contribution in [3.8, 4) is 0 Å². The Morgan fingerprint density at radius 2 is 2.06 bits per heavy atom. The van der Waals surface area contributed by atoms with E-state index in [4.69, 9.17) is 9.84 Å².